The Bertz CT molecular complexity index is 246. The summed E-state index contributed by atoms with van der Waals surface area (Å²) in [6.07, 6.45) is 4.78. The smallest absolute Gasteiger partial charge is 0.321 e. The molecule has 1 aliphatic carbocycles. The molecular formula is C10H17NO2S. The van der Waals surface area contributed by atoms with Gasteiger partial charge in [0.2, 0.25) is 0 Å². The summed E-state index contributed by atoms with van der Waals surface area (Å²) in [5.74, 6) is 0.756. The summed E-state index contributed by atoms with van der Waals surface area (Å²) in [6.45, 7) is 2.26. The highest BCUT2D eigenvalue weighted by atomic mass is 32.2. The van der Waals surface area contributed by atoms with E-state index in [0.717, 1.165) is 24.5 Å². The Hall–Kier alpha value is -0.220. The highest BCUT2D eigenvalue weighted by molar-refractivity contribution is 8.00. The fraction of sp³-hybridized carbons (Fsp3) is 0.900. The summed E-state index contributed by atoms with van der Waals surface area (Å²) in [7, 11) is 0. The van der Waals surface area contributed by atoms with Gasteiger partial charge in [-0.15, -0.1) is 11.8 Å². The van der Waals surface area contributed by atoms with Gasteiger partial charge in [-0.1, -0.05) is 19.8 Å². The van der Waals surface area contributed by atoms with Gasteiger partial charge in [-0.3, -0.25) is 10.1 Å². The van der Waals surface area contributed by atoms with Gasteiger partial charge in [0.15, 0.2) is 0 Å². The van der Waals surface area contributed by atoms with Crippen LogP contribution in [-0.4, -0.2) is 27.7 Å². The van der Waals surface area contributed by atoms with Crippen LogP contribution in [0.1, 0.15) is 32.6 Å². The molecule has 3 nitrogen and oxygen atoms in total. The minimum Gasteiger partial charge on any atom is -0.480 e. The normalized spacial score (nSPS) is 42.9. The summed E-state index contributed by atoms with van der Waals surface area (Å²) in [5.41, 5.74) is 0. The predicted octanol–water partition coefficient (Wildman–Crippen LogP) is 1.68. The third-order valence-electron chi connectivity index (χ3n) is 3.22. The number of thioether (sulfide) groups is 1. The van der Waals surface area contributed by atoms with Gasteiger partial charge in [-0.2, -0.15) is 0 Å². The summed E-state index contributed by atoms with van der Waals surface area (Å²) < 4.78 is 0. The highest BCUT2D eigenvalue weighted by Gasteiger charge is 2.43. The molecule has 0 aromatic heterocycles. The van der Waals surface area contributed by atoms with Crippen LogP contribution >= 0.6 is 11.8 Å². The average molecular weight is 215 g/mol. The Morgan fingerprint density at radius 3 is 3.00 bits per heavy atom. The second-order valence-corrected chi connectivity index (χ2v) is 5.95. The molecule has 1 spiro atoms. The van der Waals surface area contributed by atoms with E-state index in [1.807, 2.05) is 11.8 Å². The van der Waals surface area contributed by atoms with Crippen LogP contribution in [0.15, 0.2) is 0 Å². The molecule has 2 aliphatic rings. The van der Waals surface area contributed by atoms with Gasteiger partial charge in [0, 0.05) is 5.75 Å². The van der Waals surface area contributed by atoms with Crippen molar-refractivity contribution >= 4 is 17.7 Å². The SMILES string of the molecule is CC1CCCC2(C1)NC(C(=O)O)CS2. The molecule has 1 aliphatic heterocycles. The van der Waals surface area contributed by atoms with E-state index in [0.29, 0.717) is 0 Å². The Kier molecular flexibility index (Phi) is 2.75. The molecule has 0 aromatic rings. The number of hydrogen-bond acceptors (Lipinski definition) is 3. The topological polar surface area (TPSA) is 49.3 Å². The Morgan fingerprint density at radius 1 is 1.64 bits per heavy atom. The van der Waals surface area contributed by atoms with Crippen molar-refractivity contribution in [2.24, 2.45) is 5.92 Å². The lowest BCUT2D eigenvalue weighted by atomic mass is 9.86. The first kappa shape index (κ1) is 10.3. The second kappa shape index (κ2) is 3.74. The first-order valence-corrected chi connectivity index (χ1v) is 6.24. The van der Waals surface area contributed by atoms with E-state index in [2.05, 4.69) is 12.2 Å². The maximum atomic E-state index is 10.8. The van der Waals surface area contributed by atoms with Crippen molar-refractivity contribution in [1.29, 1.82) is 0 Å². The average Bonchev–Trinajstić information content (AvgIpc) is 2.49. The van der Waals surface area contributed by atoms with E-state index in [1.54, 1.807) is 0 Å². The van der Waals surface area contributed by atoms with E-state index in [4.69, 9.17) is 5.11 Å². The third kappa shape index (κ3) is 1.91. The maximum absolute atomic E-state index is 10.8. The van der Waals surface area contributed by atoms with Crippen LogP contribution in [-0.2, 0) is 4.79 Å². The maximum Gasteiger partial charge on any atom is 0.321 e. The molecule has 0 amide bonds. The zero-order chi connectivity index (χ0) is 10.2. The van der Waals surface area contributed by atoms with Gasteiger partial charge in [-0.25, -0.2) is 0 Å². The van der Waals surface area contributed by atoms with Gasteiger partial charge in [0.25, 0.3) is 0 Å². The van der Waals surface area contributed by atoms with Crippen LogP contribution in [0.3, 0.4) is 0 Å². The number of carboxylic acids is 1. The molecule has 2 fully saturated rings. The van der Waals surface area contributed by atoms with Gasteiger partial charge in [0.1, 0.15) is 6.04 Å². The lowest BCUT2D eigenvalue weighted by Crippen LogP contribution is -2.47. The standard InChI is InChI=1S/C10H17NO2S/c1-7-3-2-4-10(5-7)11-8(6-14-10)9(12)13/h7-8,11H,2-6H2,1H3,(H,12,13). The molecule has 0 bridgehead atoms. The minimum absolute atomic E-state index is 0.0841. The Morgan fingerprint density at radius 2 is 2.43 bits per heavy atom. The van der Waals surface area contributed by atoms with Crippen molar-refractivity contribution in [3.05, 3.63) is 0 Å². The molecular weight excluding hydrogens is 198 g/mol. The molecule has 4 heteroatoms. The van der Waals surface area contributed by atoms with Crippen molar-refractivity contribution in [2.75, 3.05) is 5.75 Å². The van der Waals surface area contributed by atoms with Gasteiger partial charge >= 0.3 is 5.97 Å². The van der Waals surface area contributed by atoms with E-state index < -0.39 is 5.97 Å². The predicted molar refractivity (Wildman–Crippen MR) is 57.4 cm³/mol. The lowest BCUT2D eigenvalue weighted by molar-refractivity contribution is -0.139. The number of carbonyl (C=O) groups is 1. The quantitative estimate of drug-likeness (QED) is 0.699. The Balaban J connectivity index is 2.01. The molecule has 2 N–H and O–H groups in total. The van der Waals surface area contributed by atoms with Crippen LogP contribution in [0.2, 0.25) is 0 Å². The zero-order valence-electron chi connectivity index (χ0n) is 8.45. The van der Waals surface area contributed by atoms with Crippen LogP contribution in [0.25, 0.3) is 0 Å². The molecule has 3 unspecified atom stereocenters. The first-order valence-electron chi connectivity index (χ1n) is 5.26. The van der Waals surface area contributed by atoms with Gasteiger partial charge in [-0.05, 0) is 18.8 Å². The summed E-state index contributed by atoms with van der Waals surface area (Å²) >= 11 is 1.81. The van der Waals surface area contributed by atoms with Gasteiger partial charge < -0.3 is 5.11 Å². The van der Waals surface area contributed by atoms with E-state index in [1.165, 1.54) is 12.8 Å². The summed E-state index contributed by atoms with van der Waals surface area (Å²) in [5, 5.41) is 12.2. The van der Waals surface area contributed by atoms with Crippen LogP contribution in [0.4, 0.5) is 0 Å². The fourth-order valence-corrected chi connectivity index (χ4v) is 4.17. The van der Waals surface area contributed by atoms with Crippen LogP contribution in [0.5, 0.6) is 0 Å². The minimum atomic E-state index is -0.701. The molecule has 3 atom stereocenters. The van der Waals surface area contributed by atoms with Crippen molar-refractivity contribution < 1.29 is 9.90 Å². The molecule has 0 radical (unpaired) electrons. The Labute approximate surface area is 88.6 Å². The lowest BCUT2D eigenvalue weighted by Gasteiger charge is -2.36. The number of carboxylic acid groups (broad SMARTS) is 1. The number of aliphatic carboxylic acids is 1. The number of rotatable bonds is 1. The fourth-order valence-electron chi connectivity index (χ4n) is 2.54. The molecule has 80 valence electrons. The van der Waals surface area contributed by atoms with Gasteiger partial charge in [0.05, 0.1) is 4.87 Å². The second-order valence-electron chi connectivity index (χ2n) is 4.54. The number of nitrogens with one attached hydrogen (secondary N) is 1. The monoisotopic (exact) mass is 215 g/mol. The molecule has 0 aromatic carbocycles. The molecule has 1 saturated carbocycles. The van der Waals surface area contributed by atoms with Crippen LogP contribution < -0.4 is 5.32 Å². The largest absolute Gasteiger partial charge is 0.480 e. The molecule has 14 heavy (non-hydrogen) atoms. The number of hydrogen-bond donors (Lipinski definition) is 2. The highest BCUT2D eigenvalue weighted by Crippen LogP contribution is 2.44. The third-order valence-corrected chi connectivity index (χ3v) is 4.76. The van der Waals surface area contributed by atoms with Crippen molar-refractivity contribution in [2.45, 2.75) is 43.5 Å². The molecule has 1 heterocycles. The van der Waals surface area contributed by atoms with Crippen molar-refractivity contribution in [3.63, 3.8) is 0 Å². The van der Waals surface area contributed by atoms with Crippen LogP contribution in [0, 0.1) is 5.92 Å². The summed E-state index contributed by atoms with van der Waals surface area (Å²) in [6, 6.07) is -0.328. The van der Waals surface area contributed by atoms with Crippen molar-refractivity contribution in [3.8, 4) is 0 Å². The van der Waals surface area contributed by atoms with E-state index >= 15 is 0 Å². The molecule has 2 rings (SSSR count). The van der Waals surface area contributed by atoms with E-state index in [9.17, 15) is 4.79 Å². The van der Waals surface area contributed by atoms with E-state index in [-0.39, 0.29) is 10.9 Å². The molecule has 1 saturated heterocycles. The zero-order valence-corrected chi connectivity index (χ0v) is 9.27. The first-order chi connectivity index (χ1) is 6.61. The summed E-state index contributed by atoms with van der Waals surface area (Å²) in [4.78, 5) is 10.9. The van der Waals surface area contributed by atoms with Crippen molar-refractivity contribution in [1.82, 2.24) is 5.32 Å².